The lowest BCUT2D eigenvalue weighted by Gasteiger charge is -2.31. The normalized spacial score (nSPS) is 14.8. The quantitative estimate of drug-likeness (QED) is 0.727. The van der Waals surface area contributed by atoms with Crippen molar-refractivity contribution < 1.29 is 14.3 Å². The van der Waals surface area contributed by atoms with Gasteiger partial charge in [0, 0.05) is 6.04 Å². The van der Waals surface area contributed by atoms with Crippen molar-refractivity contribution in [3.63, 3.8) is 0 Å². The molecule has 0 aromatic heterocycles. The Balaban J connectivity index is 1.75. The third kappa shape index (κ3) is 5.73. The Morgan fingerprint density at radius 3 is 1.86 bits per heavy atom. The molecule has 3 rings (SSSR count). The number of amides is 1. The van der Waals surface area contributed by atoms with Gasteiger partial charge in [0.2, 0.25) is 5.91 Å². The van der Waals surface area contributed by atoms with E-state index in [2.05, 4.69) is 17.3 Å². The zero-order valence-corrected chi connectivity index (χ0v) is 17.7. The molecule has 0 aliphatic heterocycles. The minimum atomic E-state index is -0.223. The number of carbonyl (C=O) groups is 1. The van der Waals surface area contributed by atoms with Crippen molar-refractivity contribution in [3.8, 4) is 11.5 Å². The second-order valence-electron chi connectivity index (χ2n) is 7.75. The Bertz CT molecular complexity index is 720. The third-order valence-corrected chi connectivity index (χ3v) is 5.79. The molecule has 29 heavy (non-hydrogen) atoms. The molecule has 0 spiro atoms. The van der Waals surface area contributed by atoms with Gasteiger partial charge in [0.05, 0.1) is 26.8 Å². The number of ether oxygens (including phenoxy) is 2. The summed E-state index contributed by atoms with van der Waals surface area (Å²) >= 11 is 0. The van der Waals surface area contributed by atoms with Gasteiger partial charge in [-0.05, 0) is 55.3 Å². The average Bonchev–Trinajstić information content (AvgIpc) is 2.78. The van der Waals surface area contributed by atoms with Crippen LogP contribution < -0.4 is 14.8 Å². The van der Waals surface area contributed by atoms with Gasteiger partial charge in [-0.25, -0.2) is 0 Å². The van der Waals surface area contributed by atoms with E-state index in [4.69, 9.17) is 9.47 Å². The van der Waals surface area contributed by atoms with Gasteiger partial charge in [0.25, 0.3) is 0 Å². The van der Waals surface area contributed by atoms with Gasteiger partial charge in [-0.2, -0.15) is 0 Å². The summed E-state index contributed by atoms with van der Waals surface area (Å²) in [5.74, 6) is 1.63. The molecule has 5 heteroatoms. The maximum Gasteiger partial charge on any atom is 0.234 e. The van der Waals surface area contributed by atoms with Crippen molar-refractivity contribution in [1.82, 2.24) is 10.2 Å². The fraction of sp³-hybridized carbons (Fsp3) is 0.458. The van der Waals surface area contributed by atoms with E-state index in [0.29, 0.717) is 12.6 Å². The summed E-state index contributed by atoms with van der Waals surface area (Å²) in [5.41, 5.74) is 2.04. The minimum absolute atomic E-state index is 0.0368. The van der Waals surface area contributed by atoms with Gasteiger partial charge in [-0.15, -0.1) is 0 Å². The lowest BCUT2D eigenvalue weighted by molar-refractivity contribution is -0.123. The predicted molar refractivity (Wildman–Crippen MR) is 115 cm³/mol. The molecule has 0 bridgehead atoms. The highest BCUT2D eigenvalue weighted by molar-refractivity contribution is 5.79. The molecule has 0 unspecified atom stereocenters. The molecule has 0 saturated heterocycles. The van der Waals surface area contributed by atoms with E-state index in [9.17, 15) is 4.79 Å². The topological polar surface area (TPSA) is 50.8 Å². The van der Waals surface area contributed by atoms with Crippen LogP contribution in [0.5, 0.6) is 11.5 Å². The molecule has 2 aromatic rings. The van der Waals surface area contributed by atoms with Crippen LogP contribution >= 0.6 is 0 Å². The number of nitrogens with one attached hydrogen (secondary N) is 1. The van der Waals surface area contributed by atoms with E-state index in [1.54, 1.807) is 14.2 Å². The average molecular weight is 397 g/mol. The Kier molecular flexibility index (Phi) is 7.53. The fourth-order valence-electron chi connectivity index (χ4n) is 4.04. The summed E-state index contributed by atoms with van der Waals surface area (Å²) < 4.78 is 10.6. The first-order chi connectivity index (χ1) is 14.1. The predicted octanol–water partition coefficient (Wildman–Crippen LogP) is 4.17. The van der Waals surface area contributed by atoms with Crippen molar-refractivity contribution in [1.29, 1.82) is 0 Å². The summed E-state index contributed by atoms with van der Waals surface area (Å²) in [4.78, 5) is 15.1. The van der Waals surface area contributed by atoms with Gasteiger partial charge in [0.1, 0.15) is 11.5 Å². The molecule has 0 heterocycles. The lowest BCUT2D eigenvalue weighted by atomic mass is 9.94. The first-order valence-corrected chi connectivity index (χ1v) is 10.4. The maximum atomic E-state index is 12.9. The lowest BCUT2D eigenvalue weighted by Crippen LogP contribution is -2.42. The zero-order chi connectivity index (χ0) is 20.6. The molecule has 1 aliphatic carbocycles. The molecule has 2 aromatic carbocycles. The Hall–Kier alpha value is -2.53. The molecule has 156 valence electrons. The van der Waals surface area contributed by atoms with E-state index in [1.807, 2.05) is 48.5 Å². The van der Waals surface area contributed by atoms with E-state index in [-0.39, 0.29) is 11.9 Å². The largest absolute Gasteiger partial charge is 0.497 e. The van der Waals surface area contributed by atoms with Crippen molar-refractivity contribution in [2.24, 2.45) is 0 Å². The monoisotopic (exact) mass is 396 g/mol. The molecule has 0 radical (unpaired) electrons. The van der Waals surface area contributed by atoms with E-state index in [1.165, 1.54) is 32.1 Å². The Morgan fingerprint density at radius 2 is 1.41 bits per heavy atom. The number of rotatable bonds is 8. The molecule has 1 fully saturated rings. The van der Waals surface area contributed by atoms with Gasteiger partial charge in [-0.1, -0.05) is 43.5 Å². The second-order valence-corrected chi connectivity index (χ2v) is 7.75. The zero-order valence-electron chi connectivity index (χ0n) is 17.7. The molecular weight excluding hydrogens is 364 g/mol. The van der Waals surface area contributed by atoms with Crippen LogP contribution in [-0.2, 0) is 4.79 Å². The number of methoxy groups -OCH3 is 2. The van der Waals surface area contributed by atoms with Crippen LogP contribution in [0.2, 0.25) is 0 Å². The number of likely N-dealkylation sites (N-methyl/N-ethyl adjacent to an activating group) is 1. The van der Waals surface area contributed by atoms with Crippen molar-refractivity contribution in [3.05, 3.63) is 59.7 Å². The number of hydrogen-bond acceptors (Lipinski definition) is 4. The van der Waals surface area contributed by atoms with Gasteiger partial charge in [-0.3, -0.25) is 9.69 Å². The van der Waals surface area contributed by atoms with Gasteiger partial charge >= 0.3 is 0 Å². The number of benzene rings is 2. The molecule has 0 atom stereocenters. The summed E-state index contributed by atoms with van der Waals surface area (Å²) in [7, 11) is 5.36. The standard InChI is InChI=1S/C24H32N2O3/c1-26(20-7-5-4-6-8-20)17-23(27)25-24(18-9-13-21(28-2)14-10-18)19-11-15-22(29-3)16-12-19/h9-16,20,24H,4-8,17H2,1-3H3,(H,25,27). The van der Waals surface area contributed by atoms with Crippen LogP contribution in [0.15, 0.2) is 48.5 Å². The van der Waals surface area contributed by atoms with Crippen molar-refractivity contribution in [2.75, 3.05) is 27.8 Å². The van der Waals surface area contributed by atoms with Crippen molar-refractivity contribution in [2.45, 2.75) is 44.2 Å². The van der Waals surface area contributed by atoms with Crippen molar-refractivity contribution >= 4 is 5.91 Å². The van der Waals surface area contributed by atoms with Crippen LogP contribution in [0.25, 0.3) is 0 Å². The van der Waals surface area contributed by atoms with E-state index in [0.717, 1.165) is 22.6 Å². The highest BCUT2D eigenvalue weighted by Gasteiger charge is 2.22. The van der Waals surface area contributed by atoms with Crippen LogP contribution in [0.1, 0.15) is 49.3 Å². The van der Waals surface area contributed by atoms with Gasteiger partial charge in [0.15, 0.2) is 0 Å². The highest BCUT2D eigenvalue weighted by Crippen LogP contribution is 2.26. The Labute approximate surface area is 174 Å². The number of carbonyl (C=O) groups excluding carboxylic acids is 1. The molecule has 5 nitrogen and oxygen atoms in total. The van der Waals surface area contributed by atoms with Crippen LogP contribution in [-0.4, -0.2) is 44.7 Å². The molecule has 1 N–H and O–H groups in total. The number of nitrogens with zero attached hydrogens (tertiary/aromatic N) is 1. The van der Waals surface area contributed by atoms with E-state index >= 15 is 0 Å². The molecular formula is C24H32N2O3. The third-order valence-electron chi connectivity index (χ3n) is 5.79. The minimum Gasteiger partial charge on any atom is -0.497 e. The van der Waals surface area contributed by atoms with E-state index < -0.39 is 0 Å². The highest BCUT2D eigenvalue weighted by atomic mass is 16.5. The van der Waals surface area contributed by atoms with Crippen LogP contribution in [0, 0.1) is 0 Å². The maximum absolute atomic E-state index is 12.9. The Morgan fingerprint density at radius 1 is 0.931 bits per heavy atom. The first-order valence-electron chi connectivity index (χ1n) is 10.4. The van der Waals surface area contributed by atoms with Crippen LogP contribution in [0.3, 0.4) is 0 Å². The number of hydrogen-bond donors (Lipinski definition) is 1. The fourth-order valence-corrected chi connectivity index (χ4v) is 4.04. The SMILES string of the molecule is COc1ccc(C(NC(=O)CN(C)C2CCCCC2)c2ccc(OC)cc2)cc1. The molecule has 1 aliphatic rings. The van der Waals surface area contributed by atoms with Gasteiger partial charge < -0.3 is 14.8 Å². The molecule has 1 saturated carbocycles. The second kappa shape index (κ2) is 10.3. The summed E-state index contributed by atoms with van der Waals surface area (Å²) in [5, 5.41) is 3.23. The summed E-state index contributed by atoms with van der Waals surface area (Å²) in [6, 6.07) is 16.0. The smallest absolute Gasteiger partial charge is 0.234 e. The molecule has 1 amide bonds. The summed E-state index contributed by atoms with van der Waals surface area (Å²) in [6.07, 6.45) is 6.20. The first kappa shape index (κ1) is 21.2. The summed E-state index contributed by atoms with van der Waals surface area (Å²) in [6.45, 7) is 0.410. The van der Waals surface area contributed by atoms with Crippen LogP contribution in [0.4, 0.5) is 0 Å².